The van der Waals surface area contributed by atoms with E-state index >= 15 is 0 Å². The van der Waals surface area contributed by atoms with Gasteiger partial charge in [0.25, 0.3) is 5.91 Å². The van der Waals surface area contributed by atoms with Crippen molar-refractivity contribution in [2.75, 3.05) is 20.3 Å². The highest BCUT2D eigenvalue weighted by Gasteiger charge is 2.21. The van der Waals surface area contributed by atoms with E-state index in [0.717, 1.165) is 6.42 Å². The van der Waals surface area contributed by atoms with E-state index in [2.05, 4.69) is 21.2 Å². The van der Waals surface area contributed by atoms with E-state index in [1.807, 2.05) is 13.8 Å². The predicted octanol–water partition coefficient (Wildman–Crippen LogP) is 2.93. The van der Waals surface area contributed by atoms with Crippen LogP contribution in [0.3, 0.4) is 0 Å². The van der Waals surface area contributed by atoms with Gasteiger partial charge in [-0.05, 0) is 48.3 Å². The molecule has 0 fully saturated rings. The molecule has 6 nitrogen and oxygen atoms in total. The molecule has 0 aromatic heterocycles. The second-order valence-corrected chi connectivity index (χ2v) is 5.62. The SMILES string of the molecule is CCCNC(=O)[C@@H](C)OC(=O)c1cc(Br)c(OCC)c(OC)c1. The fourth-order valence-electron chi connectivity index (χ4n) is 1.80. The van der Waals surface area contributed by atoms with Crippen LogP contribution >= 0.6 is 15.9 Å². The Hall–Kier alpha value is -1.76. The van der Waals surface area contributed by atoms with E-state index in [4.69, 9.17) is 14.2 Å². The Bertz CT molecular complexity index is 562. The Balaban J connectivity index is 2.87. The maximum Gasteiger partial charge on any atom is 0.339 e. The fourth-order valence-corrected chi connectivity index (χ4v) is 2.35. The van der Waals surface area contributed by atoms with E-state index in [0.29, 0.717) is 29.1 Å². The van der Waals surface area contributed by atoms with Crippen LogP contribution in [0, 0.1) is 0 Å². The number of hydrogen-bond donors (Lipinski definition) is 1. The topological polar surface area (TPSA) is 73.9 Å². The van der Waals surface area contributed by atoms with Gasteiger partial charge in [-0.3, -0.25) is 4.79 Å². The van der Waals surface area contributed by atoms with Crippen molar-refractivity contribution >= 4 is 27.8 Å². The first-order valence-corrected chi connectivity index (χ1v) is 8.22. The lowest BCUT2D eigenvalue weighted by Gasteiger charge is -2.15. The van der Waals surface area contributed by atoms with Gasteiger partial charge in [-0.15, -0.1) is 0 Å². The van der Waals surface area contributed by atoms with Crippen LogP contribution in [-0.2, 0) is 9.53 Å². The number of halogens is 1. The van der Waals surface area contributed by atoms with E-state index in [-0.39, 0.29) is 11.5 Å². The molecule has 0 aliphatic rings. The van der Waals surface area contributed by atoms with E-state index < -0.39 is 12.1 Å². The zero-order chi connectivity index (χ0) is 17.4. The highest BCUT2D eigenvalue weighted by atomic mass is 79.9. The summed E-state index contributed by atoms with van der Waals surface area (Å²) in [5, 5.41) is 2.68. The van der Waals surface area contributed by atoms with Gasteiger partial charge >= 0.3 is 5.97 Å². The molecule has 0 radical (unpaired) electrons. The van der Waals surface area contributed by atoms with Crippen molar-refractivity contribution in [3.05, 3.63) is 22.2 Å². The molecular weight excluding hydrogens is 366 g/mol. The summed E-state index contributed by atoms with van der Waals surface area (Å²) in [6.07, 6.45) is -0.0551. The molecule has 7 heteroatoms. The third-order valence-corrected chi connectivity index (χ3v) is 3.55. The van der Waals surface area contributed by atoms with Gasteiger partial charge in [0.05, 0.1) is 23.8 Å². The number of ether oxygens (including phenoxy) is 3. The molecule has 23 heavy (non-hydrogen) atoms. The average Bonchev–Trinajstić information content (AvgIpc) is 2.53. The average molecular weight is 388 g/mol. The molecule has 1 aromatic carbocycles. The number of benzene rings is 1. The highest BCUT2D eigenvalue weighted by molar-refractivity contribution is 9.10. The molecule has 1 N–H and O–H groups in total. The molecule has 1 rings (SSSR count). The van der Waals surface area contributed by atoms with Crippen molar-refractivity contribution in [1.29, 1.82) is 0 Å². The molecule has 128 valence electrons. The zero-order valence-electron chi connectivity index (χ0n) is 13.8. The van der Waals surface area contributed by atoms with Crippen molar-refractivity contribution < 1.29 is 23.8 Å². The molecule has 0 aliphatic carbocycles. The van der Waals surface area contributed by atoms with Gasteiger partial charge in [-0.2, -0.15) is 0 Å². The minimum atomic E-state index is -0.870. The minimum Gasteiger partial charge on any atom is -0.493 e. The molecule has 0 spiro atoms. The summed E-state index contributed by atoms with van der Waals surface area (Å²) in [5.41, 5.74) is 0.271. The first kappa shape index (κ1) is 19.3. The van der Waals surface area contributed by atoms with Crippen molar-refractivity contribution in [1.82, 2.24) is 5.32 Å². The van der Waals surface area contributed by atoms with Gasteiger partial charge in [-0.25, -0.2) is 4.79 Å². The van der Waals surface area contributed by atoms with Crippen molar-refractivity contribution in [2.45, 2.75) is 33.3 Å². The van der Waals surface area contributed by atoms with Crippen molar-refractivity contribution in [3.8, 4) is 11.5 Å². The van der Waals surface area contributed by atoms with Gasteiger partial charge in [0.2, 0.25) is 0 Å². The van der Waals surface area contributed by atoms with E-state index in [1.54, 1.807) is 6.07 Å². The minimum absolute atomic E-state index is 0.271. The molecule has 0 unspecified atom stereocenters. The fraction of sp³-hybridized carbons (Fsp3) is 0.500. The number of rotatable bonds is 8. The molecule has 0 saturated heterocycles. The van der Waals surface area contributed by atoms with Crippen molar-refractivity contribution in [2.24, 2.45) is 0 Å². The second kappa shape index (κ2) is 9.39. The number of carbonyl (C=O) groups excluding carboxylic acids is 2. The molecular formula is C16H22BrNO5. The van der Waals surface area contributed by atoms with Crippen LogP contribution in [0.2, 0.25) is 0 Å². The Kier molecular flexibility index (Phi) is 7.88. The predicted molar refractivity (Wildman–Crippen MR) is 90.0 cm³/mol. The highest BCUT2D eigenvalue weighted by Crippen LogP contribution is 2.36. The molecule has 0 saturated carbocycles. The van der Waals surface area contributed by atoms with Crippen LogP contribution in [0.5, 0.6) is 11.5 Å². The first-order chi connectivity index (χ1) is 10.9. The summed E-state index contributed by atoms with van der Waals surface area (Å²) in [6, 6.07) is 3.10. The molecule has 1 aromatic rings. The third kappa shape index (κ3) is 5.42. The monoisotopic (exact) mass is 387 g/mol. The normalized spacial score (nSPS) is 11.5. The Morgan fingerprint density at radius 2 is 2.00 bits per heavy atom. The molecule has 0 aliphatic heterocycles. The van der Waals surface area contributed by atoms with Gasteiger partial charge in [0.1, 0.15) is 0 Å². The maximum absolute atomic E-state index is 12.2. The Labute approximate surface area is 144 Å². The lowest BCUT2D eigenvalue weighted by molar-refractivity contribution is -0.129. The van der Waals surface area contributed by atoms with Crippen LogP contribution in [0.25, 0.3) is 0 Å². The summed E-state index contributed by atoms with van der Waals surface area (Å²) in [6.45, 7) is 6.34. The van der Waals surface area contributed by atoms with Crippen LogP contribution < -0.4 is 14.8 Å². The Morgan fingerprint density at radius 1 is 1.30 bits per heavy atom. The lowest BCUT2D eigenvalue weighted by Crippen LogP contribution is -2.36. The standard InChI is InChI=1S/C16H22BrNO5/c1-5-7-18-15(19)10(3)23-16(20)11-8-12(17)14(22-6-2)13(9-11)21-4/h8-10H,5-7H2,1-4H3,(H,18,19)/t10-/m1/s1. The van der Waals surface area contributed by atoms with Crippen LogP contribution in [0.1, 0.15) is 37.6 Å². The molecule has 1 atom stereocenters. The van der Waals surface area contributed by atoms with Gasteiger partial charge in [0, 0.05) is 6.54 Å². The second-order valence-electron chi connectivity index (χ2n) is 4.76. The summed E-state index contributed by atoms with van der Waals surface area (Å²) < 4.78 is 16.5. The van der Waals surface area contributed by atoms with Gasteiger partial charge in [-0.1, -0.05) is 6.92 Å². The van der Waals surface area contributed by atoms with E-state index in [1.165, 1.54) is 20.1 Å². The van der Waals surface area contributed by atoms with Gasteiger partial charge in [0.15, 0.2) is 17.6 Å². The molecule has 1 amide bonds. The lowest BCUT2D eigenvalue weighted by atomic mass is 10.2. The van der Waals surface area contributed by atoms with E-state index in [9.17, 15) is 9.59 Å². The van der Waals surface area contributed by atoms with Crippen LogP contribution in [0.4, 0.5) is 0 Å². The zero-order valence-corrected chi connectivity index (χ0v) is 15.4. The van der Waals surface area contributed by atoms with Crippen LogP contribution in [0.15, 0.2) is 16.6 Å². The quantitative estimate of drug-likeness (QED) is 0.694. The van der Waals surface area contributed by atoms with Crippen molar-refractivity contribution in [3.63, 3.8) is 0 Å². The summed E-state index contributed by atoms with van der Waals surface area (Å²) in [7, 11) is 1.49. The summed E-state index contributed by atoms with van der Waals surface area (Å²) in [5.74, 6) is -0.0000796. The largest absolute Gasteiger partial charge is 0.493 e. The smallest absolute Gasteiger partial charge is 0.339 e. The number of carbonyl (C=O) groups is 2. The van der Waals surface area contributed by atoms with Crippen LogP contribution in [-0.4, -0.2) is 38.2 Å². The number of methoxy groups -OCH3 is 1. The number of nitrogens with one attached hydrogen (secondary N) is 1. The first-order valence-electron chi connectivity index (χ1n) is 7.43. The number of esters is 1. The number of amides is 1. The van der Waals surface area contributed by atoms with Gasteiger partial charge < -0.3 is 19.5 Å². The maximum atomic E-state index is 12.2. The third-order valence-electron chi connectivity index (χ3n) is 2.96. The molecule has 0 bridgehead atoms. The Morgan fingerprint density at radius 3 is 2.57 bits per heavy atom. The molecule has 0 heterocycles. The number of hydrogen-bond acceptors (Lipinski definition) is 5. The summed E-state index contributed by atoms with van der Waals surface area (Å²) in [4.78, 5) is 24.0. The summed E-state index contributed by atoms with van der Waals surface area (Å²) >= 11 is 3.35.